The largest absolute Gasteiger partial charge is 0.356 e. The van der Waals surface area contributed by atoms with E-state index in [-0.39, 0.29) is 5.38 Å². The van der Waals surface area contributed by atoms with E-state index in [0.29, 0.717) is 11.7 Å². The molecule has 0 spiro atoms. The minimum atomic E-state index is 0.257. The second-order valence-electron chi connectivity index (χ2n) is 5.23. The van der Waals surface area contributed by atoms with Gasteiger partial charge in [-0.2, -0.15) is 14.6 Å². The monoisotopic (exact) mass is 279 g/mol. The number of rotatable bonds is 2. The number of alkyl halides is 1. The van der Waals surface area contributed by atoms with Crippen molar-refractivity contribution in [1.29, 1.82) is 0 Å². The fraction of sp³-hybridized carbons (Fsp3) is 0.615. The van der Waals surface area contributed by atoms with Crippen LogP contribution in [0.15, 0.2) is 12.4 Å². The molecular weight excluding hydrogens is 262 g/mol. The molecule has 3 heterocycles. The van der Waals surface area contributed by atoms with Gasteiger partial charge in [0.05, 0.1) is 0 Å². The summed E-state index contributed by atoms with van der Waals surface area (Å²) in [6, 6.07) is 2.08. The van der Waals surface area contributed by atoms with Crippen LogP contribution in [-0.4, -0.2) is 38.0 Å². The van der Waals surface area contributed by atoms with Gasteiger partial charge in [0.25, 0.3) is 5.78 Å². The summed E-state index contributed by atoms with van der Waals surface area (Å²) < 4.78 is 1.82. The summed E-state index contributed by atoms with van der Waals surface area (Å²) in [6.07, 6.45) is 3.81. The predicted octanol–water partition coefficient (Wildman–Crippen LogP) is 2.28. The maximum atomic E-state index is 6.20. The first-order chi connectivity index (χ1) is 9.15. The topological polar surface area (TPSA) is 46.3 Å². The third-order valence-electron chi connectivity index (χ3n) is 3.87. The first kappa shape index (κ1) is 12.7. The first-order valence-electron chi connectivity index (χ1n) is 6.71. The van der Waals surface area contributed by atoms with Crippen LogP contribution in [-0.2, 0) is 0 Å². The minimum absolute atomic E-state index is 0.257. The van der Waals surface area contributed by atoms with Gasteiger partial charge in [-0.1, -0.05) is 0 Å². The molecule has 102 valence electrons. The van der Waals surface area contributed by atoms with Gasteiger partial charge in [-0.3, -0.25) is 0 Å². The Hall–Kier alpha value is -1.36. The van der Waals surface area contributed by atoms with Crippen molar-refractivity contribution in [2.24, 2.45) is 5.92 Å². The van der Waals surface area contributed by atoms with Crippen LogP contribution in [0.3, 0.4) is 0 Å². The van der Waals surface area contributed by atoms with Crippen LogP contribution in [0.5, 0.6) is 0 Å². The molecular formula is C13H18ClN5. The fourth-order valence-electron chi connectivity index (χ4n) is 2.72. The van der Waals surface area contributed by atoms with Crippen molar-refractivity contribution in [1.82, 2.24) is 19.6 Å². The Balaban J connectivity index is 1.87. The van der Waals surface area contributed by atoms with E-state index in [9.17, 15) is 0 Å². The summed E-state index contributed by atoms with van der Waals surface area (Å²) in [4.78, 5) is 10.9. The molecule has 5 nitrogen and oxygen atoms in total. The Labute approximate surface area is 117 Å². The van der Waals surface area contributed by atoms with Gasteiger partial charge in [-0.15, -0.1) is 11.6 Å². The molecule has 0 saturated carbocycles. The quantitative estimate of drug-likeness (QED) is 0.791. The Bertz CT molecular complexity index is 571. The van der Waals surface area contributed by atoms with E-state index in [1.807, 2.05) is 11.4 Å². The van der Waals surface area contributed by atoms with Gasteiger partial charge in [0.2, 0.25) is 0 Å². The number of anilines is 1. The third-order valence-corrected chi connectivity index (χ3v) is 4.23. The van der Waals surface area contributed by atoms with Gasteiger partial charge >= 0.3 is 0 Å². The van der Waals surface area contributed by atoms with Crippen LogP contribution in [0, 0.1) is 12.8 Å². The highest BCUT2D eigenvalue weighted by Crippen LogP contribution is 2.27. The maximum absolute atomic E-state index is 6.20. The van der Waals surface area contributed by atoms with Crippen LogP contribution < -0.4 is 4.90 Å². The van der Waals surface area contributed by atoms with Crippen molar-refractivity contribution < 1.29 is 0 Å². The summed E-state index contributed by atoms with van der Waals surface area (Å²) in [5.41, 5.74) is 0.975. The molecule has 0 aromatic carbocycles. The van der Waals surface area contributed by atoms with E-state index in [1.54, 1.807) is 6.33 Å². The number of aromatic nitrogens is 4. The predicted molar refractivity (Wildman–Crippen MR) is 75.8 cm³/mol. The van der Waals surface area contributed by atoms with Crippen molar-refractivity contribution in [3.8, 4) is 0 Å². The van der Waals surface area contributed by atoms with Crippen LogP contribution in [0.4, 0.5) is 5.82 Å². The van der Waals surface area contributed by atoms with E-state index in [1.165, 1.54) is 0 Å². The van der Waals surface area contributed by atoms with Crippen molar-refractivity contribution in [2.75, 3.05) is 18.0 Å². The van der Waals surface area contributed by atoms with Gasteiger partial charge in [0.1, 0.15) is 12.1 Å². The van der Waals surface area contributed by atoms with Crippen molar-refractivity contribution in [3.05, 3.63) is 18.1 Å². The summed E-state index contributed by atoms with van der Waals surface area (Å²) in [5, 5.41) is 4.52. The molecule has 2 aromatic rings. The molecule has 1 unspecified atom stereocenters. The Morgan fingerprint density at radius 3 is 2.79 bits per heavy atom. The maximum Gasteiger partial charge on any atom is 0.254 e. The molecule has 0 aliphatic carbocycles. The average molecular weight is 280 g/mol. The number of hydrogen-bond acceptors (Lipinski definition) is 4. The number of aryl methyl sites for hydroxylation is 1. The highest BCUT2D eigenvalue weighted by molar-refractivity contribution is 6.20. The van der Waals surface area contributed by atoms with Gasteiger partial charge < -0.3 is 4.90 Å². The summed E-state index contributed by atoms with van der Waals surface area (Å²) in [5.74, 6) is 2.37. The zero-order valence-electron chi connectivity index (χ0n) is 11.3. The lowest BCUT2D eigenvalue weighted by Crippen LogP contribution is -2.37. The zero-order valence-corrected chi connectivity index (χ0v) is 12.0. The molecule has 2 aromatic heterocycles. The molecule has 0 bridgehead atoms. The highest BCUT2D eigenvalue weighted by atomic mass is 35.5. The van der Waals surface area contributed by atoms with E-state index in [2.05, 4.69) is 33.0 Å². The molecule has 1 aliphatic rings. The van der Waals surface area contributed by atoms with E-state index >= 15 is 0 Å². The summed E-state index contributed by atoms with van der Waals surface area (Å²) in [7, 11) is 0. The molecule has 1 atom stereocenters. The lowest BCUT2D eigenvalue weighted by Gasteiger charge is -2.34. The van der Waals surface area contributed by atoms with Crippen molar-refractivity contribution in [3.63, 3.8) is 0 Å². The van der Waals surface area contributed by atoms with E-state index < -0.39 is 0 Å². The molecule has 1 saturated heterocycles. The van der Waals surface area contributed by atoms with Crippen LogP contribution in [0.2, 0.25) is 0 Å². The zero-order chi connectivity index (χ0) is 13.4. The first-order valence-corrected chi connectivity index (χ1v) is 7.15. The number of nitrogens with zero attached hydrogens (tertiary/aromatic N) is 5. The van der Waals surface area contributed by atoms with E-state index in [4.69, 9.17) is 11.6 Å². The number of halogens is 1. The molecule has 0 amide bonds. The van der Waals surface area contributed by atoms with Crippen LogP contribution >= 0.6 is 11.6 Å². The number of piperidine rings is 1. The number of fused-ring (bicyclic) bond motifs is 1. The standard InChI is InChI=1S/C13H18ClN5/c1-9-7-12(19-13(17-9)15-8-16-19)18-5-3-11(4-6-18)10(2)14/h7-8,10-11H,3-6H2,1-2H3. The van der Waals surface area contributed by atoms with E-state index in [0.717, 1.165) is 37.4 Å². The highest BCUT2D eigenvalue weighted by Gasteiger charge is 2.24. The fourth-order valence-corrected chi connectivity index (χ4v) is 2.98. The molecule has 0 N–H and O–H groups in total. The second-order valence-corrected chi connectivity index (χ2v) is 5.92. The molecule has 1 aliphatic heterocycles. The molecule has 3 rings (SSSR count). The average Bonchev–Trinajstić information content (AvgIpc) is 2.85. The summed E-state index contributed by atoms with van der Waals surface area (Å²) >= 11 is 6.20. The number of hydrogen-bond donors (Lipinski definition) is 0. The van der Waals surface area contributed by atoms with Gasteiger partial charge in [0, 0.05) is 30.2 Å². The van der Waals surface area contributed by atoms with Gasteiger partial charge in [-0.05, 0) is 32.6 Å². The molecule has 0 radical (unpaired) electrons. The minimum Gasteiger partial charge on any atom is -0.356 e. The summed E-state index contributed by atoms with van der Waals surface area (Å²) in [6.45, 7) is 6.11. The lowest BCUT2D eigenvalue weighted by atomic mass is 9.94. The van der Waals surface area contributed by atoms with Crippen molar-refractivity contribution >= 4 is 23.2 Å². The normalized spacial score (nSPS) is 19.0. The van der Waals surface area contributed by atoms with Crippen LogP contribution in [0.1, 0.15) is 25.5 Å². The van der Waals surface area contributed by atoms with Crippen LogP contribution in [0.25, 0.3) is 5.78 Å². The molecule has 19 heavy (non-hydrogen) atoms. The van der Waals surface area contributed by atoms with Crippen molar-refractivity contribution in [2.45, 2.75) is 32.1 Å². The third kappa shape index (κ3) is 2.39. The van der Waals surface area contributed by atoms with Gasteiger partial charge in [-0.25, -0.2) is 4.98 Å². The molecule has 1 fully saturated rings. The second kappa shape index (κ2) is 4.96. The lowest BCUT2D eigenvalue weighted by molar-refractivity contribution is 0.397. The van der Waals surface area contributed by atoms with Gasteiger partial charge in [0.15, 0.2) is 0 Å². The Morgan fingerprint density at radius 1 is 1.37 bits per heavy atom. The SMILES string of the molecule is Cc1cc(N2CCC(C(C)Cl)CC2)n2ncnc2n1. The smallest absolute Gasteiger partial charge is 0.254 e. The molecule has 6 heteroatoms. The Kier molecular flexibility index (Phi) is 3.31. The Morgan fingerprint density at radius 2 is 2.11 bits per heavy atom.